The molecule has 3 aromatic rings. The monoisotopic (exact) mass is 577 g/mol. The number of rotatable bonds is 9. The van der Waals surface area contributed by atoms with E-state index >= 15 is 0 Å². The number of benzene rings is 3. The third-order valence-corrected chi connectivity index (χ3v) is 6.73. The van der Waals surface area contributed by atoms with E-state index in [4.69, 9.17) is 42.8 Å². The van der Waals surface area contributed by atoms with Gasteiger partial charge < -0.3 is 23.8 Å². The fourth-order valence-electron chi connectivity index (χ4n) is 4.01. The molecule has 0 spiro atoms. The number of nitrogens with zero attached hydrogens (tertiary/aromatic N) is 3. The fraction of sp³-hybridized carbons (Fsp3) is 0.172. The van der Waals surface area contributed by atoms with Gasteiger partial charge >= 0.3 is 5.97 Å². The van der Waals surface area contributed by atoms with Crippen LogP contribution in [0.3, 0.4) is 0 Å². The Morgan fingerprint density at radius 2 is 1.80 bits per heavy atom. The molecule has 0 aliphatic carbocycles. The number of esters is 1. The zero-order valence-corrected chi connectivity index (χ0v) is 23.4. The van der Waals surface area contributed by atoms with Crippen molar-refractivity contribution in [2.45, 2.75) is 6.61 Å². The van der Waals surface area contributed by atoms with Crippen LogP contribution in [0, 0.1) is 11.3 Å². The smallest absolute Gasteiger partial charge is 0.325 e. The van der Waals surface area contributed by atoms with Crippen molar-refractivity contribution >= 4 is 52.6 Å². The standard InChI is InChI=1S/C29H24ClN3O6S/c1-36-22-10-8-21(9-11-22)33-28(35)24(32(29(33)40)16-26(34)38-3)13-18-12-23(30)27(25(14-18)37-2)39-17-20-7-5-4-6-19(20)15-31/h4-14H,16-17H2,1-3H3/b24-13-. The molecular weight excluding hydrogens is 554 g/mol. The number of halogens is 1. The lowest BCUT2D eigenvalue weighted by Crippen LogP contribution is -2.35. The summed E-state index contributed by atoms with van der Waals surface area (Å²) in [4.78, 5) is 28.5. The first-order valence-electron chi connectivity index (χ1n) is 11.9. The molecule has 11 heteroatoms. The topological polar surface area (TPSA) is 101 Å². The van der Waals surface area contributed by atoms with Crippen molar-refractivity contribution in [2.75, 3.05) is 32.8 Å². The molecule has 4 rings (SSSR count). The van der Waals surface area contributed by atoms with E-state index in [-0.39, 0.29) is 34.7 Å². The summed E-state index contributed by atoms with van der Waals surface area (Å²) in [5, 5.41) is 9.68. The van der Waals surface area contributed by atoms with Gasteiger partial charge in [-0.2, -0.15) is 5.26 Å². The summed E-state index contributed by atoms with van der Waals surface area (Å²) < 4.78 is 21.5. The molecule has 3 aromatic carbocycles. The predicted octanol–water partition coefficient (Wildman–Crippen LogP) is 4.96. The number of hydrogen-bond acceptors (Lipinski definition) is 8. The number of carbonyl (C=O) groups is 2. The molecule has 1 amide bonds. The summed E-state index contributed by atoms with van der Waals surface area (Å²) in [7, 11) is 4.26. The fourth-order valence-corrected chi connectivity index (χ4v) is 4.64. The molecule has 1 fully saturated rings. The molecule has 204 valence electrons. The van der Waals surface area contributed by atoms with Crippen LogP contribution in [0.25, 0.3) is 6.08 Å². The summed E-state index contributed by atoms with van der Waals surface area (Å²) in [6, 6.07) is 19.2. The van der Waals surface area contributed by atoms with Crippen LogP contribution >= 0.6 is 23.8 Å². The number of carbonyl (C=O) groups excluding carboxylic acids is 2. The summed E-state index contributed by atoms with van der Waals surface area (Å²) >= 11 is 12.2. The van der Waals surface area contributed by atoms with Crippen LogP contribution in [-0.2, 0) is 20.9 Å². The maximum absolute atomic E-state index is 13.6. The van der Waals surface area contributed by atoms with Crippen molar-refractivity contribution in [1.29, 1.82) is 5.26 Å². The van der Waals surface area contributed by atoms with Gasteiger partial charge in [0.15, 0.2) is 16.6 Å². The van der Waals surface area contributed by atoms with Gasteiger partial charge in [0, 0.05) is 5.56 Å². The molecule has 0 aromatic heterocycles. The first kappa shape index (κ1) is 28.4. The van der Waals surface area contributed by atoms with E-state index in [9.17, 15) is 14.9 Å². The Morgan fingerprint density at radius 1 is 1.07 bits per heavy atom. The van der Waals surface area contributed by atoms with Gasteiger partial charge in [-0.1, -0.05) is 29.8 Å². The van der Waals surface area contributed by atoms with E-state index in [1.165, 1.54) is 24.0 Å². The van der Waals surface area contributed by atoms with E-state index < -0.39 is 11.9 Å². The van der Waals surface area contributed by atoms with Crippen molar-refractivity contribution in [2.24, 2.45) is 0 Å². The molecule has 1 aliphatic heterocycles. The molecule has 0 saturated carbocycles. The van der Waals surface area contributed by atoms with Crippen LogP contribution in [0.15, 0.2) is 66.4 Å². The molecule has 1 saturated heterocycles. The van der Waals surface area contributed by atoms with Gasteiger partial charge in [-0.05, 0) is 66.3 Å². The normalized spacial score (nSPS) is 13.8. The second-order valence-corrected chi connectivity index (χ2v) is 9.18. The zero-order chi connectivity index (χ0) is 28.8. The SMILES string of the molecule is COC(=O)CN1C(=S)N(c2ccc(OC)cc2)C(=O)/C1=C/c1cc(Cl)c(OCc2ccccc2C#N)c(OC)c1. The van der Waals surface area contributed by atoms with Gasteiger partial charge in [-0.25, -0.2) is 0 Å². The van der Waals surface area contributed by atoms with Gasteiger partial charge in [-0.3, -0.25) is 14.5 Å². The Morgan fingerprint density at radius 3 is 2.45 bits per heavy atom. The van der Waals surface area contributed by atoms with Crippen LogP contribution < -0.4 is 19.1 Å². The molecule has 40 heavy (non-hydrogen) atoms. The molecule has 9 nitrogen and oxygen atoms in total. The van der Waals surface area contributed by atoms with E-state index in [0.717, 1.165) is 0 Å². The van der Waals surface area contributed by atoms with Crippen molar-refractivity contribution in [3.05, 3.63) is 88.1 Å². The van der Waals surface area contributed by atoms with Gasteiger partial charge in [0.1, 0.15) is 24.6 Å². The third-order valence-electron chi connectivity index (χ3n) is 6.05. The number of ether oxygens (including phenoxy) is 4. The minimum Gasteiger partial charge on any atom is -0.497 e. The van der Waals surface area contributed by atoms with Crippen molar-refractivity contribution < 1.29 is 28.5 Å². The number of anilines is 1. The Bertz CT molecular complexity index is 1530. The quantitative estimate of drug-likeness (QED) is 0.198. The minimum absolute atomic E-state index is 0.0940. The highest BCUT2D eigenvalue weighted by Gasteiger charge is 2.40. The van der Waals surface area contributed by atoms with Crippen LogP contribution in [0.5, 0.6) is 17.2 Å². The van der Waals surface area contributed by atoms with E-state index in [2.05, 4.69) is 6.07 Å². The first-order chi connectivity index (χ1) is 19.3. The Hall–Kier alpha value is -4.59. The van der Waals surface area contributed by atoms with Crippen LogP contribution in [-0.4, -0.2) is 49.8 Å². The Labute approximate surface area is 241 Å². The summed E-state index contributed by atoms with van der Waals surface area (Å²) in [6.45, 7) is -0.180. The second kappa shape index (κ2) is 12.5. The molecule has 0 bridgehead atoms. The minimum atomic E-state index is -0.574. The van der Waals surface area contributed by atoms with Crippen molar-refractivity contribution in [1.82, 2.24) is 4.90 Å². The maximum Gasteiger partial charge on any atom is 0.325 e. The molecule has 1 heterocycles. The molecular formula is C29H24ClN3O6S. The van der Waals surface area contributed by atoms with E-state index in [1.807, 2.05) is 6.07 Å². The Kier molecular flexibility index (Phi) is 8.89. The average molecular weight is 578 g/mol. The number of thiocarbonyl (C=S) groups is 1. The lowest BCUT2D eigenvalue weighted by atomic mass is 10.1. The van der Waals surface area contributed by atoms with Gasteiger partial charge in [-0.15, -0.1) is 0 Å². The lowest BCUT2D eigenvalue weighted by molar-refractivity contribution is -0.140. The summed E-state index contributed by atoms with van der Waals surface area (Å²) in [6.07, 6.45) is 1.56. The Balaban J connectivity index is 1.69. The van der Waals surface area contributed by atoms with Crippen LogP contribution in [0.4, 0.5) is 5.69 Å². The number of amides is 1. The second-order valence-electron chi connectivity index (χ2n) is 8.40. The van der Waals surface area contributed by atoms with Crippen LogP contribution in [0.1, 0.15) is 16.7 Å². The summed E-state index contributed by atoms with van der Waals surface area (Å²) in [5.41, 5.74) is 2.33. The van der Waals surface area contributed by atoms with Crippen molar-refractivity contribution in [3.63, 3.8) is 0 Å². The molecule has 1 aliphatic rings. The van der Waals surface area contributed by atoms with Gasteiger partial charge in [0.2, 0.25) is 0 Å². The van der Waals surface area contributed by atoms with Gasteiger partial charge in [0.25, 0.3) is 5.91 Å². The highest BCUT2D eigenvalue weighted by molar-refractivity contribution is 7.80. The highest BCUT2D eigenvalue weighted by Crippen LogP contribution is 2.38. The average Bonchev–Trinajstić information content (AvgIpc) is 3.20. The molecule has 0 radical (unpaired) electrons. The zero-order valence-electron chi connectivity index (χ0n) is 21.8. The maximum atomic E-state index is 13.6. The number of methoxy groups -OCH3 is 3. The largest absolute Gasteiger partial charge is 0.497 e. The van der Waals surface area contributed by atoms with E-state index in [1.54, 1.807) is 67.8 Å². The predicted molar refractivity (Wildman–Crippen MR) is 153 cm³/mol. The number of hydrogen-bond donors (Lipinski definition) is 0. The molecule has 0 unspecified atom stereocenters. The lowest BCUT2D eigenvalue weighted by Gasteiger charge is -2.19. The first-order valence-corrected chi connectivity index (χ1v) is 12.7. The van der Waals surface area contributed by atoms with Gasteiger partial charge in [0.05, 0.1) is 43.7 Å². The molecule has 0 atom stereocenters. The third kappa shape index (κ3) is 5.86. The highest BCUT2D eigenvalue weighted by atomic mass is 35.5. The van der Waals surface area contributed by atoms with E-state index in [0.29, 0.717) is 33.9 Å². The van der Waals surface area contributed by atoms with Crippen LogP contribution in [0.2, 0.25) is 5.02 Å². The molecule has 0 N–H and O–H groups in total. The number of nitriles is 1. The van der Waals surface area contributed by atoms with Crippen molar-refractivity contribution in [3.8, 4) is 23.3 Å². The summed E-state index contributed by atoms with van der Waals surface area (Å²) in [5.74, 6) is 0.188.